The molecule has 0 fully saturated rings. The zero-order valence-electron chi connectivity index (χ0n) is 16.0. The van der Waals surface area contributed by atoms with Crippen LogP contribution in [0.1, 0.15) is 24.5 Å². The van der Waals surface area contributed by atoms with E-state index in [9.17, 15) is 9.59 Å². The van der Waals surface area contributed by atoms with E-state index in [1.54, 1.807) is 4.90 Å². The van der Waals surface area contributed by atoms with Crippen LogP contribution in [0.2, 0.25) is 0 Å². The monoisotopic (exact) mass is 353 g/mol. The second kappa shape index (κ2) is 9.04. The lowest BCUT2D eigenvalue weighted by atomic mass is 10.1. The van der Waals surface area contributed by atoms with Gasteiger partial charge in [-0.2, -0.15) is 0 Å². The van der Waals surface area contributed by atoms with Gasteiger partial charge >= 0.3 is 0 Å². The van der Waals surface area contributed by atoms with Crippen LogP contribution in [0.15, 0.2) is 48.5 Å². The van der Waals surface area contributed by atoms with Crippen molar-refractivity contribution in [3.63, 3.8) is 0 Å². The molecular weight excluding hydrogens is 326 g/mol. The molecule has 2 rings (SSSR count). The first kappa shape index (κ1) is 19.5. The van der Waals surface area contributed by atoms with Gasteiger partial charge in [0.05, 0.1) is 0 Å². The second-order valence-corrected chi connectivity index (χ2v) is 6.60. The van der Waals surface area contributed by atoms with Crippen LogP contribution < -0.4 is 15.1 Å². The van der Waals surface area contributed by atoms with Gasteiger partial charge < -0.3 is 15.1 Å². The molecule has 0 aliphatic carbocycles. The maximum absolute atomic E-state index is 12.1. The number of aryl methyl sites for hydroxylation is 1. The minimum absolute atomic E-state index is 0.0670. The third-order valence-electron chi connectivity index (χ3n) is 4.19. The zero-order chi connectivity index (χ0) is 19.1. The van der Waals surface area contributed by atoms with Gasteiger partial charge in [0.1, 0.15) is 0 Å². The molecule has 2 aromatic carbocycles. The average Bonchev–Trinajstić information content (AvgIpc) is 2.60. The van der Waals surface area contributed by atoms with E-state index in [1.807, 2.05) is 68.4 Å². The molecule has 0 heterocycles. The van der Waals surface area contributed by atoms with Gasteiger partial charge in [0.15, 0.2) is 0 Å². The Hall–Kier alpha value is -2.82. The lowest BCUT2D eigenvalue weighted by Gasteiger charge is -2.22. The van der Waals surface area contributed by atoms with Crippen molar-refractivity contribution in [3.8, 4) is 0 Å². The van der Waals surface area contributed by atoms with Crippen molar-refractivity contribution in [2.45, 2.75) is 26.8 Å². The number of carbonyl (C=O) groups is 2. The van der Waals surface area contributed by atoms with E-state index in [1.165, 1.54) is 12.5 Å². The summed E-state index contributed by atoms with van der Waals surface area (Å²) in [5, 5.41) is 2.91. The Bertz CT molecular complexity index is 754. The Kier molecular flexibility index (Phi) is 6.78. The highest BCUT2D eigenvalue weighted by Crippen LogP contribution is 2.20. The highest BCUT2D eigenvalue weighted by atomic mass is 16.2. The lowest BCUT2D eigenvalue weighted by molar-refractivity contribution is -0.121. The molecule has 2 amide bonds. The third-order valence-corrected chi connectivity index (χ3v) is 4.19. The molecule has 0 atom stereocenters. The number of hydrogen-bond donors (Lipinski definition) is 1. The smallest absolute Gasteiger partial charge is 0.223 e. The average molecular weight is 353 g/mol. The molecule has 138 valence electrons. The van der Waals surface area contributed by atoms with Crippen LogP contribution in [0, 0.1) is 6.92 Å². The summed E-state index contributed by atoms with van der Waals surface area (Å²) in [7, 11) is 3.94. The molecule has 2 aromatic rings. The van der Waals surface area contributed by atoms with Crippen LogP contribution in [-0.2, 0) is 16.1 Å². The van der Waals surface area contributed by atoms with E-state index in [0.29, 0.717) is 13.1 Å². The number of rotatable bonds is 7. The normalized spacial score (nSPS) is 10.3. The number of benzene rings is 2. The van der Waals surface area contributed by atoms with Crippen LogP contribution in [-0.4, -0.2) is 32.5 Å². The van der Waals surface area contributed by atoms with E-state index >= 15 is 0 Å². The van der Waals surface area contributed by atoms with Gasteiger partial charge in [-0.25, -0.2) is 0 Å². The summed E-state index contributed by atoms with van der Waals surface area (Å²) >= 11 is 0. The largest absolute Gasteiger partial charge is 0.378 e. The molecule has 0 aromatic heterocycles. The predicted molar refractivity (Wildman–Crippen MR) is 106 cm³/mol. The quantitative estimate of drug-likeness (QED) is 0.832. The first-order valence-electron chi connectivity index (χ1n) is 8.74. The molecule has 5 nitrogen and oxygen atoms in total. The summed E-state index contributed by atoms with van der Waals surface area (Å²) in [6.07, 6.45) is 0.265. The predicted octanol–water partition coefficient (Wildman–Crippen LogP) is 3.12. The fourth-order valence-electron chi connectivity index (χ4n) is 2.72. The van der Waals surface area contributed by atoms with Crippen LogP contribution >= 0.6 is 0 Å². The second-order valence-electron chi connectivity index (χ2n) is 6.60. The van der Waals surface area contributed by atoms with Crippen LogP contribution in [0.4, 0.5) is 11.4 Å². The van der Waals surface area contributed by atoms with E-state index in [4.69, 9.17) is 0 Å². The van der Waals surface area contributed by atoms with Crippen molar-refractivity contribution in [2.24, 2.45) is 0 Å². The maximum Gasteiger partial charge on any atom is 0.223 e. The first-order chi connectivity index (χ1) is 12.4. The summed E-state index contributed by atoms with van der Waals surface area (Å²) in [5.74, 6) is -0.142. The van der Waals surface area contributed by atoms with Crippen molar-refractivity contribution >= 4 is 23.2 Å². The van der Waals surface area contributed by atoms with E-state index in [2.05, 4.69) is 11.4 Å². The Morgan fingerprint density at radius 3 is 2.23 bits per heavy atom. The first-order valence-corrected chi connectivity index (χ1v) is 8.74. The molecular formula is C21H27N3O2. The van der Waals surface area contributed by atoms with E-state index in [-0.39, 0.29) is 18.2 Å². The van der Waals surface area contributed by atoms with E-state index in [0.717, 1.165) is 16.9 Å². The van der Waals surface area contributed by atoms with Crippen molar-refractivity contribution in [3.05, 3.63) is 59.7 Å². The minimum atomic E-state index is -0.0749. The number of amides is 2. The number of carbonyl (C=O) groups excluding carboxylic acids is 2. The lowest BCUT2D eigenvalue weighted by Crippen LogP contribution is -2.33. The summed E-state index contributed by atoms with van der Waals surface area (Å²) in [6, 6.07) is 15.8. The minimum Gasteiger partial charge on any atom is -0.378 e. The Morgan fingerprint density at radius 2 is 1.65 bits per heavy atom. The molecule has 0 aliphatic rings. The van der Waals surface area contributed by atoms with Gasteiger partial charge in [-0.05, 0) is 36.8 Å². The zero-order valence-corrected chi connectivity index (χ0v) is 16.0. The number of nitrogens with zero attached hydrogens (tertiary/aromatic N) is 2. The SMILES string of the molecule is CC(=O)N(CCC(=O)NCc1cccc(C)c1)c1ccc(N(C)C)cc1. The summed E-state index contributed by atoms with van der Waals surface area (Å²) in [6.45, 7) is 4.40. The van der Waals surface area contributed by atoms with Crippen molar-refractivity contribution < 1.29 is 9.59 Å². The van der Waals surface area contributed by atoms with Gasteiger partial charge in [0, 0.05) is 51.9 Å². The Labute approximate surface area is 155 Å². The molecule has 0 saturated carbocycles. The molecule has 0 radical (unpaired) electrons. The topological polar surface area (TPSA) is 52.7 Å². The number of hydrogen-bond acceptors (Lipinski definition) is 3. The fourth-order valence-corrected chi connectivity index (χ4v) is 2.72. The summed E-state index contributed by atoms with van der Waals surface area (Å²) < 4.78 is 0. The van der Waals surface area contributed by atoms with Crippen LogP contribution in [0.25, 0.3) is 0 Å². The number of anilines is 2. The molecule has 0 spiro atoms. The molecule has 0 saturated heterocycles. The molecule has 5 heteroatoms. The van der Waals surface area contributed by atoms with Gasteiger partial charge in [-0.1, -0.05) is 29.8 Å². The Balaban J connectivity index is 1.91. The van der Waals surface area contributed by atoms with Crippen LogP contribution in [0.3, 0.4) is 0 Å². The van der Waals surface area contributed by atoms with Gasteiger partial charge in [-0.15, -0.1) is 0 Å². The third kappa shape index (κ3) is 5.62. The van der Waals surface area contributed by atoms with Gasteiger partial charge in [0.25, 0.3) is 0 Å². The van der Waals surface area contributed by atoms with Crippen molar-refractivity contribution in [1.29, 1.82) is 0 Å². The maximum atomic E-state index is 12.1. The Morgan fingerprint density at radius 1 is 1.00 bits per heavy atom. The highest BCUT2D eigenvalue weighted by Gasteiger charge is 2.13. The van der Waals surface area contributed by atoms with E-state index < -0.39 is 0 Å². The van der Waals surface area contributed by atoms with Crippen molar-refractivity contribution in [1.82, 2.24) is 5.32 Å². The molecule has 26 heavy (non-hydrogen) atoms. The van der Waals surface area contributed by atoms with Crippen LogP contribution in [0.5, 0.6) is 0 Å². The van der Waals surface area contributed by atoms with Gasteiger partial charge in [-0.3, -0.25) is 9.59 Å². The summed E-state index contributed by atoms with van der Waals surface area (Å²) in [5.41, 5.74) is 4.10. The summed E-state index contributed by atoms with van der Waals surface area (Å²) in [4.78, 5) is 27.8. The standard InChI is InChI=1S/C21H27N3O2/c1-16-6-5-7-18(14-16)15-22-21(26)12-13-24(17(2)25)20-10-8-19(9-11-20)23(3)4/h5-11,14H,12-13,15H2,1-4H3,(H,22,26). The van der Waals surface area contributed by atoms with Gasteiger partial charge in [0.2, 0.25) is 11.8 Å². The molecule has 0 aliphatic heterocycles. The molecule has 0 bridgehead atoms. The van der Waals surface area contributed by atoms with Crippen molar-refractivity contribution in [2.75, 3.05) is 30.4 Å². The highest BCUT2D eigenvalue weighted by molar-refractivity contribution is 5.92. The number of nitrogens with one attached hydrogen (secondary N) is 1. The fraction of sp³-hybridized carbons (Fsp3) is 0.333. The molecule has 1 N–H and O–H groups in total. The molecule has 0 unspecified atom stereocenters.